The summed E-state index contributed by atoms with van der Waals surface area (Å²) in [6.45, 7) is 4.91. The third kappa shape index (κ3) is 59.2. The van der Waals surface area contributed by atoms with Crippen molar-refractivity contribution in [1.29, 1.82) is 0 Å². The number of aliphatic hydroxyl groups excluding tert-OH is 2. The van der Waals surface area contributed by atoms with Crippen LogP contribution in [0, 0.1) is 0 Å². The lowest BCUT2D eigenvalue weighted by Gasteiger charge is -2.20. The fourth-order valence-electron chi connectivity index (χ4n) is 10.1. The molecule has 0 rings (SSSR count). The molecule has 430 valence electrons. The maximum absolute atomic E-state index is 12.4. The van der Waals surface area contributed by atoms with Gasteiger partial charge in [0.1, 0.15) is 0 Å². The summed E-state index contributed by atoms with van der Waals surface area (Å²) in [5.41, 5.74) is 0. The van der Waals surface area contributed by atoms with Crippen LogP contribution in [0.4, 0.5) is 0 Å². The van der Waals surface area contributed by atoms with Gasteiger partial charge in [-0.25, -0.2) is 0 Å². The van der Waals surface area contributed by atoms with E-state index in [2.05, 4.69) is 43.5 Å². The topological polar surface area (TPSA) is 95.9 Å². The van der Waals surface area contributed by atoms with E-state index in [-0.39, 0.29) is 18.5 Å². The molecule has 0 saturated heterocycles. The van der Waals surface area contributed by atoms with Crippen molar-refractivity contribution in [2.24, 2.45) is 0 Å². The minimum atomic E-state index is -0.845. The summed E-state index contributed by atoms with van der Waals surface area (Å²) >= 11 is 0. The summed E-state index contributed by atoms with van der Waals surface area (Å²) in [6, 6.07) is -0.629. The van der Waals surface area contributed by atoms with Crippen LogP contribution in [0.15, 0.2) is 36.5 Å². The van der Waals surface area contributed by atoms with Gasteiger partial charge in [0.15, 0.2) is 0 Å². The standard InChI is InChI=1S/C67H127NO5/c1-3-5-7-9-11-13-15-16-17-18-31-34-37-41-45-49-53-57-61-67(72)73-62-58-54-50-46-42-38-35-32-29-27-25-23-21-19-20-22-24-26-28-30-33-36-40-44-48-52-56-60-66(71)68-64(63-69)65(70)59-55-51-47-43-39-14-12-10-8-6-4-2/h19-20,23,25,55,59,64-65,69-70H,3-18,21-22,24,26-54,56-58,60-63H2,1-2H3,(H,68,71)/b20-19-,25-23-,59-55+. The third-order valence-electron chi connectivity index (χ3n) is 15.2. The largest absolute Gasteiger partial charge is 0.466 e. The number of aliphatic hydroxyl groups is 2. The van der Waals surface area contributed by atoms with Crippen molar-refractivity contribution < 1.29 is 24.5 Å². The third-order valence-corrected chi connectivity index (χ3v) is 15.2. The first-order valence-electron chi connectivity index (χ1n) is 32.8. The van der Waals surface area contributed by atoms with Gasteiger partial charge in [0.2, 0.25) is 5.91 Å². The molecule has 0 saturated carbocycles. The SMILES string of the molecule is CCCCCCCCCCC/C=C/C(O)C(CO)NC(=O)CCCCCCCCCCCCC/C=C\C/C=C\CCCCCCCCCCCOC(=O)CCCCCCCCCCCCCCCCCCCC. The van der Waals surface area contributed by atoms with Crippen molar-refractivity contribution in [3.8, 4) is 0 Å². The highest BCUT2D eigenvalue weighted by molar-refractivity contribution is 5.76. The van der Waals surface area contributed by atoms with Gasteiger partial charge in [-0.1, -0.05) is 314 Å². The van der Waals surface area contributed by atoms with Crippen LogP contribution in [0.25, 0.3) is 0 Å². The normalized spacial score (nSPS) is 12.8. The lowest BCUT2D eigenvalue weighted by molar-refractivity contribution is -0.143. The van der Waals surface area contributed by atoms with E-state index in [0.717, 1.165) is 44.9 Å². The number of amides is 1. The first-order chi connectivity index (χ1) is 36.0. The zero-order valence-electron chi connectivity index (χ0n) is 49.1. The van der Waals surface area contributed by atoms with Crippen molar-refractivity contribution in [1.82, 2.24) is 5.32 Å². The molecule has 0 aliphatic heterocycles. The van der Waals surface area contributed by atoms with Gasteiger partial charge in [-0.3, -0.25) is 9.59 Å². The zero-order valence-corrected chi connectivity index (χ0v) is 49.1. The van der Waals surface area contributed by atoms with Crippen molar-refractivity contribution >= 4 is 11.9 Å². The van der Waals surface area contributed by atoms with Crippen molar-refractivity contribution in [2.75, 3.05) is 13.2 Å². The Morgan fingerprint density at radius 3 is 1.04 bits per heavy atom. The number of carbonyl (C=O) groups excluding carboxylic acids is 2. The highest BCUT2D eigenvalue weighted by Crippen LogP contribution is 2.17. The second-order valence-electron chi connectivity index (χ2n) is 22.5. The summed E-state index contributed by atoms with van der Waals surface area (Å²) in [7, 11) is 0. The summed E-state index contributed by atoms with van der Waals surface area (Å²) in [5, 5.41) is 23.0. The molecule has 0 fully saturated rings. The van der Waals surface area contributed by atoms with Crippen LogP contribution < -0.4 is 5.32 Å². The number of ether oxygens (including phenoxy) is 1. The molecule has 2 atom stereocenters. The Morgan fingerprint density at radius 2 is 0.685 bits per heavy atom. The Kier molecular flexibility index (Phi) is 61.0. The quantitative estimate of drug-likeness (QED) is 0.0320. The summed E-state index contributed by atoms with van der Waals surface area (Å²) < 4.78 is 5.50. The molecule has 0 aliphatic carbocycles. The van der Waals surface area contributed by atoms with E-state index in [0.29, 0.717) is 19.4 Å². The highest BCUT2D eigenvalue weighted by atomic mass is 16.5. The molecule has 6 heteroatoms. The maximum atomic E-state index is 12.4. The van der Waals surface area contributed by atoms with E-state index >= 15 is 0 Å². The van der Waals surface area contributed by atoms with Gasteiger partial charge in [0, 0.05) is 12.8 Å². The minimum absolute atomic E-state index is 0.0147. The number of hydrogen-bond donors (Lipinski definition) is 3. The van der Waals surface area contributed by atoms with E-state index < -0.39 is 12.1 Å². The van der Waals surface area contributed by atoms with Crippen LogP contribution in [0.2, 0.25) is 0 Å². The van der Waals surface area contributed by atoms with E-state index in [1.165, 1.54) is 283 Å². The Bertz CT molecular complexity index is 1180. The number of rotatable bonds is 61. The average Bonchev–Trinajstić information content (AvgIpc) is 3.39. The second-order valence-corrected chi connectivity index (χ2v) is 22.5. The molecule has 73 heavy (non-hydrogen) atoms. The zero-order chi connectivity index (χ0) is 52.9. The molecule has 0 aromatic carbocycles. The molecule has 0 bridgehead atoms. The molecule has 0 heterocycles. The number of esters is 1. The van der Waals surface area contributed by atoms with E-state index in [9.17, 15) is 19.8 Å². The molecule has 0 aromatic rings. The summed E-state index contributed by atoms with van der Waals surface area (Å²) in [5.74, 6) is -0.0570. The molecule has 0 radical (unpaired) electrons. The second kappa shape index (κ2) is 62.6. The Labute approximate surface area is 455 Å². The number of hydrogen-bond acceptors (Lipinski definition) is 5. The van der Waals surface area contributed by atoms with Gasteiger partial charge in [0.05, 0.1) is 25.4 Å². The number of carbonyl (C=O) groups is 2. The van der Waals surface area contributed by atoms with Gasteiger partial charge in [-0.05, 0) is 64.2 Å². The van der Waals surface area contributed by atoms with Gasteiger partial charge < -0.3 is 20.3 Å². The van der Waals surface area contributed by atoms with Crippen molar-refractivity contribution in [2.45, 2.75) is 366 Å². The molecule has 3 N–H and O–H groups in total. The minimum Gasteiger partial charge on any atom is -0.466 e. The van der Waals surface area contributed by atoms with Crippen molar-refractivity contribution in [3.05, 3.63) is 36.5 Å². The average molecular weight is 1030 g/mol. The Balaban J connectivity index is 3.39. The Hall–Kier alpha value is -1.92. The fourth-order valence-corrected chi connectivity index (χ4v) is 10.1. The van der Waals surface area contributed by atoms with E-state index in [4.69, 9.17) is 4.74 Å². The molecule has 1 amide bonds. The monoisotopic (exact) mass is 1030 g/mol. The van der Waals surface area contributed by atoms with Crippen LogP contribution in [-0.2, 0) is 14.3 Å². The smallest absolute Gasteiger partial charge is 0.305 e. The van der Waals surface area contributed by atoms with Crippen molar-refractivity contribution in [3.63, 3.8) is 0 Å². The van der Waals surface area contributed by atoms with Crippen LogP contribution in [-0.4, -0.2) is 47.4 Å². The first kappa shape index (κ1) is 71.1. The number of nitrogens with one attached hydrogen (secondary N) is 1. The molecule has 2 unspecified atom stereocenters. The van der Waals surface area contributed by atoms with Gasteiger partial charge in [-0.2, -0.15) is 0 Å². The molecule has 0 aliphatic rings. The van der Waals surface area contributed by atoms with Gasteiger partial charge >= 0.3 is 5.97 Å². The predicted octanol–water partition coefficient (Wildman–Crippen LogP) is 20.8. The fraction of sp³-hybridized carbons (Fsp3) is 0.881. The van der Waals surface area contributed by atoms with E-state index in [1.807, 2.05) is 6.08 Å². The highest BCUT2D eigenvalue weighted by Gasteiger charge is 2.18. The van der Waals surface area contributed by atoms with Crippen LogP contribution >= 0.6 is 0 Å². The van der Waals surface area contributed by atoms with Crippen LogP contribution in [0.1, 0.15) is 354 Å². The number of allylic oxidation sites excluding steroid dienone is 5. The maximum Gasteiger partial charge on any atom is 0.305 e. The molecular weight excluding hydrogens is 899 g/mol. The number of unbranched alkanes of at least 4 members (excludes halogenated alkanes) is 46. The molecular formula is C67H127NO5. The predicted molar refractivity (Wildman–Crippen MR) is 319 cm³/mol. The first-order valence-corrected chi connectivity index (χ1v) is 32.8. The van der Waals surface area contributed by atoms with Gasteiger partial charge in [0.25, 0.3) is 0 Å². The lowest BCUT2D eigenvalue weighted by atomic mass is 10.0. The Morgan fingerprint density at radius 1 is 0.384 bits per heavy atom. The van der Waals surface area contributed by atoms with Crippen LogP contribution in [0.5, 0.6) is 0 Å². The van der Waals surface area contributed by atoms with Crippen LogP contribution in [0.3, 0.4) is 0 Å². The van der Waals surface area contributed by atoms with E-state index in [1.54, 1.807) is 6.08 Å². The molecule has 0 spiro atoms. The lowest BCUT2D eigenvalue weighted by Crippen LogP contribution is -2.45. The molecule has 6 nitrogen and oxygen atoms in total. The summed E-state index contributed by atoms with van der Waals surface area (Å²) in [4.78, 5) is 24.5. The molecule has 0 aromatic heterocycles. The van der Waals surface area contributed by atoms with Gasteiger partial charge in [-0.15, -0.1) is 0 Å². The summed E-state index contributed by atoms with van der Waals surface area (Å²) in [6.07, 6.45) is 79.2.